The third kappa shape index (κ3) is 3.62. The maximum absolute atomic E-state index is 14.0. The molecule has 2 aromatic rings. The lowest BCUT2D eigenvalue weighted by molar-refractivity contribution is -0.137. The molecule has 2 heterocycles. The molecule has 2 spiro atoms. The number of hydrogen-bond donors (Lipinski definition) is 2. The minimum absolute atomic E-state index is 0.0345. The van der Waals surface area contributed by atoms with Crippen molar-refractivity contribution < 1.29 is 22.8 Å². The SMILES string of the molecule is CC(=O)C1[C@H]2C3C12[C@@]31CCCC[C@H]1Nc1nc(Nc2ccc(C(=O)N3CCN(C)CC3)cc2)ncc1C(F)(F)F. The number of likely N-dealkylation sites (N-methyl/N-ethyl adjacent to an activating group) is 1. The predicted octanol–water partition coefficient (Wildman–Crippen LogP) is 4.43. The molecule has 3 unspecified atom stereocenters. The molecule has 40 heavy (non-hydrogen) atoms. The zero-order valence-corrected chi connectivity index (χ0v) is 22.6. The summed E-state index contributed by atoms with van der Waals surface area (Å²) in [7, 11) is 2.03. The third-order valence-corrected chi connectivity index (χ3v) is 10.3. The van der Waals surface area contributed by atoms with Gasteiger partial charge in [0, 0.05) is 61.0 Å². The van der Waals surface area contributed by atoms with Gasteiger partial charge in [-0.15, -0.1) is 0 Å². The van der Waals surface area contributed by atoms with Crippen LogP contribution in [0.2, 0.25) is 0 Å². The van der Waals surface area contributed by atoms with Crippen molar-refractivity contribution in [3.8, 4) is 0 Å². The predicted molar refractivity (Wildman–Crippen MR) is 142 cm³/mol. The second kappa shape index (κ2) is 8.64. The molecule has 0 radical (unpaired) electrons. The summed E-state index contributed by atoms with van der Waals surface area (Å²) in [6.07, 6.45) is -0.0850. The zero-order valence-electron chi connectivity index (χ0n) is 22.6. The Morgan fingerprint density at radius 1 is 1.07 bits per heavy atom. The van der Waals surface area contributed by atoms with Crippen molar-refractivity contribution in [3.05, 3.63) is 41.6 Å². The Morgan fingerprint density at radius 3 is 2.45 bits per heavy atom. The van der Waals surface area contributed by atoms with Crippen LogP contribution in [0.15, 0.2) is 30.5 Å². The van der Waals surface area contributed by atoms with Crippen LogP contribution in [0, 0.1) is 28.6 Å². The van der Waals surface area contributed by atoms with Crippen molar-refractivity contribution >= 4 is 29.1 Å². The minimum atomic E-state index is -4.61. The monoisotopic (exact) mass is 554 g/mol. The molecule has 11 heteroatoms. The maximum atomic E-state index is 14.0. The molecule has 7 rings (SSSR count). The Morgan fingerprint density at radius 2 is 1.80 bits per heavy atom. The van der Waals surface area contributed by atoms with E-state index < -0.39 is 11.7 Å². The summed E-state index contributed by atoms with van der Waals surface area (Å²) in [4.78, 5) is 37.2. The number of aromatic nitrogens is 2. The lowest BCUT2D eigenvalue weighted by Gasteiger charge is -2.37. The number of hydrogen-bond acceptors (Lipinski definition) is 7. The summed E-state index contributed by atoms with van der Waals surface area (Å²) in [5, 5.41) is 6.19. The van der Waals surface area contributed by atoms with Crippen LogP contribution in [0.4, 0.5) is 30.6 Å². The van der Waals surface area contributed by atoms with Crippen molar-refractivity contribution in [1.29, 1.82) is 0 Å². The van der Waals surface area contributed by atoms with E-state index in [0.717, 1.165) is 45.0 Å². The quantitative estimate of drug-likeness (QED) is 0.546. The molecular formula is C29H33F3N6O2. The number of piperazine rings is 1. The van der Waals surface area contributed by atoms with Crippen LogP contribution in [-0.4, -0.2) is 70.7 Å². The first-order valence-electron chi connectivity index (χ1n) is 14.1. The molecule has 2 N–H and O–H groups in total. The Bertz CT molecular complexity index is 1370. The summed E-state index contributed by atoms with van der Waals surface area (Å²) in [5.74, 6) is 0.997. The van der Waals surface area contributed by atoms with Gasteiger partial charge >= 0.3 is 6.18 Å². The van der Waals surface area contributed by atoms with Gasteiger partial charge in [0.15, 0.2) is 0 Å². The van der Waals surface area contributed by atoms with E-state index in [-0.39, 0.29) is 46.2 Å². The molecule has 1 amide bonds. The van der Waals surface area contributed by atoms with E-state index in [9.17, 15) is 22.8 Å². The lowest BCUT2D eigenvalue weighted by atomic mass is 9.74. The van der Waals surface area contributed by atoms with E-state index in [2.05, 4.69) is 25.5 Å². The molecule has 1 aromatic heterocycles. The molecule has 5 fully saturated rings. The lowest BCUT2D eigenvalue weighted by Crippen LogP contribution is -2.47. The molecule has 8 nitrogen and oxygen atoms in total. The molecule has 0 bridgehead atoms. The Balaban J connectivity index is 1.09. The van der Waals surface area contributed by atoms with Crippen LogP contribution in [0.5, 0.6) is 0 Å². The van der Waals surface area contributed by atoms with Crippen LogP contribution in [0.1, 0.15) is 48.5 Å². The third-order valence-electron chi connectivity index (χ3n) is 10.3. The van der Waals surface area contributed by atoms with Gasteiger partial charge in [0.1, 0.15) is 17.2 Å². The number of halogens is 3. The number of nitrogens with zero attached hydrogens (tertiary/aromatic N) is 4. The van der Waals surface area contributed by atoms with E-state index in [1.165, 1.54) is 0 Å². The van der Waals surface area contributed by atoms with E-state index in [0.29, 0.717) is 36.2 Å². The van der Waals surface area contributed by atoms with Gasteiger partial charge in [-0.2, -0.15) is 18.2 Å². The summed E-state index contributed by atoms with van der Waals surface area (Å²) in [6, 6.07) is 6.68. The average molecular weight is 555 g/mol. The largest absolute Gasteiger partial charge is 0.421 e. The van der Waals surface area contributed by atoms with Gasteiger partial charge in [0.2, 0.25) is 5.95 Å². The van der Waals surface area contributed by atoms with Crippen LogP contribution >= 0.6 is 0 Å². The number of alkyl halides is 3. The van der Waals surface area contributed by atoms with Gasteiger partial charge < -0.3 is 20.4 Å². The van der Waals surface area contributed by atoms with Crippen LogP contribution < -0.4 is 10.6 Å². The molecule has 1 aliphatic heterocycles. The fourth-order valence-corrected chi connectivity index (χ4v) is 8.42. The Kier molecular flexibility index (Phi) is 5.56. The maximum Gasteiger partial charge on any atom is 0.421 e. The highest BCUT2D eigenvalue weighted by atomic mass is 19.4. The minimum Gasteiger partial charge on any atom is -0.366 e. The zero-order chi connectivity index (χ0) is 28.0. The second-order valence-electron chi connectivity index (χ2n) is 12.3. The number of rotatable bonds is 6. The standard InChI is InChI=1S/C29H33F3N6O2/c1-16(39)21-22-23-27(28(21,22)23)10-4-3-5-20(27)35-24-19(29(30,31)32)15-33-26(36-24)34-18-8-6-17(7-9-18)25(40)38-13-11-37(2)12-14-38/h6-9,15,20-23H,3-5,10-14H2,1-2H3,(H2,33,34,35,36)/t20-,21?,22+,23?,27-,28?/m1/s1. The average Bonchev–Trinajstić information content (AvgIpc) is 3.84. The first-order valence-corrected chi connectivity index (χ1v) is 14.1. The number of Topliss-reactive ketones (excluding diaryl/α,β-unsaturated/α-hetero) is 1. The molecule has 6 atom stereocenters. The van der Waals surface area contributed by atoms with Gasteiger partial charge in [0.05, 0.1) is 0 Å². The first kappa shape index (κ1) is 25.7. The molecule has 5 aliphatic rings. The molecule has 1 aromatic carbocycles. The highest BCUT2D eigenvalue weighted by molar-refractivity contribution is 5.94. The first-order chi connectivity index (χ1) is 19.1. The van der Waals surface area contributed by atoms with Crippen molar-refractivity contribution in [2.24, 2.45) is 28.6 Å². The molecule has 4 saturated carbocycles. The van der Waals surface area contributed by atoms with Crippen LogP contribution in [-0.2, 0) is 11.0 Å². The normalized spacial score (nSPS) is 34.1. The molecule has 4 aliphatic carbocycles. The van der Waals surface area contributed by atoms with Crippen molar-refractivity contribution in [2.75, 3.05) is 43.9 Å². The van der Waals surface area contributed by atoms with E-state index >= 15 is 0 Å². The number of nitrogens with one attached hydrogen (secondary N) is 2. The number of carbonyl (C=O) groups is 2. The summed E-state index contributed by atoms with van der Waals surface area (Å²) >= 11 is 0. The molecule has 1 saturated heterocycles. The summed E-state index contributed by atoms with van der Waals surface area (Å²) in [5.41, 5.74) is 0.182. The number of amides is 1. The van der Waals surface area contributed by atoms with E-state index in [4.69, 9.17) is 0 Å². The van der Waals surface area contributed by atoms with Crippen molar-refractivity contribution in [3.63, 3.8) is 0 Å². The highest BCUT2D eigenvalue weighted by Gasteiger charge is 3.10. The van der Waals surface area contributed by atoms with Crippen LogP contribution in [0.3, 0.4) is 0 Å². The van der Waals surface area contributed by atoms with E-state index in [1.807, 2.05) is 11.9 Å². The number of carbonyl (C=O) groups excluding carboxylic acids is 2. The molecule has 212 valence electrons. The highest BCUT2D eigenvalue weighted by Crippen LogP contribution is 3.10. The number of fused-ring (bicyclic) bond motifs is 2. The number of benzene rings is 1. The fraction of sp³-hybridized carbons (Fsp3) is 0.586. The summed E-state index contributed by atoms with van der Waals surface area (Å²) < 4.78 is 41.9. The molecular weight excluding hydrogens is 521 g/mol. The number of ketones is 1. The van der Waals surface area contributed by atoms with Gasteiger partial charge in [-0.25, -0.2) is 4.98 Å². The Hall–Kier alpha value is -3.21. The van der Waals surface area contributed by atoms with Gasteiger partial charge in [-0.1, -0.05) is 12.8 Å². The van der Waals surface area contributed by atoms with E-state index in [1.54, 1.807) is 31.2 Å². The van der Waals surface area contributed by atoms with Gasteiger partial charge in [0.25, 0.3) is 5.91 Å². The van der Waals surface area contributed by atoms with Gasteiger partial charge in [-0.05, 0) is 68.3 Å². The van der Waals surface area contributed by atoms with Gasteiger partial charge in [-0.3, -0.25) is 9.59 Å². The summed E-state index contributed by atoms with van der Waals surface area (Å²) in [6.45, 7) is 4.64. The van der Waals surface area contributed by atoms with Crippen molar-refractivity contribution in [1.82, 2.24) is 19.8 Å². The smallest absolute Gasteiger partial charge is 0.366 e. The topological polar surface area (TPSA) is 90.5 Å². The van der Waals surface area contributed by atoms with Crippen LogP contribution in [0.25, 0.3) is 0 Å². The Labute approximate surface area is 230 Å². The fourth-order valence-electron chi connectivity index (χ4n) is 8.42. The number of anilines is 3. The second-order valence-corrected chi connectivity index (χ2v) is 12.3. The van der Waals surface area contributed by atoms with Crippen molar-refractivity contribution in [2.45, 2.75) is 44.8 Å².